The molecule has 5 nitrogen and oxygen atoms in total. The highest BCUT2D eigenvalue weighted by Crippen LogP contribution is 2.25. The van der Waals surface area contributed by atoms with Gasteiger partial charge in [-0.05, 0) is 30.5 Å². The second-order valence-electron chi connectivity index (χ2n) is 6.30. The van der Waals surface area contributed by atoms with Crippen molar-refractivity contribution in [2.45, 2.75) is 18.9 Å². The van der Waals surface area contributed by atoms with E-state index in [0.717, 1.165) is 0 Å². The lowest BCUT2D eigenvalue weighted by Crippen LogP contribution is -2.47. The van der Waals surface area contributed by atoms with E-state index in [4.69, 9.17) is 4.74 Å². The number of rotatable bonds is 4. The fourth-order valence-electron chi connectivity index (χ4n) is 3.39. The van der Waals surface area contributed by atoms with Gasteiger partial charge in [0.25, 0.3) is 5.91 Å². The highest BCUT2D eigenvalue weighted by atomic mass is 19.1. The molecule has 25 heavy (non-hydrogen) atoms. The number of nitrogens with one attached hydrogen (secondary N) is 1. The molecule has 1 aliphatic rings. The number of carbonyl (C=O) groups is 1. The number of nitrogens with zero attached hydrogens (tertiary/aromatic N) is 1. The zero-order chi connectivity index (χ0) is 17.8. The monoisotopic (exact) mass is 344 g/mol. The van der Waals surface area contributed by atoms with Gasteiger partial charge in [-0.15, -0.1) is 0 Å². The van der Waals surface area contributed by atoms with Gasteiger partial charge < -0.3 is 14.6 Å². The molecule has 1 amide bonds. The van der Waals surface area contributed by atoms with Gasteiger partial charge in [-0.1, -0.05) is 24.3 Å². The molecule has 3 rings (SSSR count). The summed E-state index contributed by atoms with van der Waals surface area (Å²) in [7, 11) is 1.64. The lowest BCUT2D eigenvalue weighted by Gasteiger charge is -2.38. The van der Waals surface area contributed by atoms with Crippen LogP contribution in [0.25, 0.3) is 0 Å². The van der Waals surface area contributed by atoms with Crippen molar-refractivity contribution in [2.24, 2.45) is 5.92 Å². The normalized spacial score (nSPS) is 20.5. The summed E-state index contributed by atoms with van der Waals surface area (Å²) in [5, 5.41) is 0. The van der Waals surface area contributed by atoms with Gasteiger partial charge in [0.15, 0.2) is 0 Å². The Labute approximate surface area is 145 Å². The molecule has 1 saturated heterocycles. The van der Waals surface area contributed by atoms with Gasteiger partial charge in [0, 0.05) is 32.2 Å². The van der Waals surface area contributed by atoms with Crippen molar-refractivity contribution in [3.05, 3.63) is 69.9 Å². The van der Waals surface area contributed by atoms with Crippen LogP contribution in [-0.4, -0.2) is 42.1 Å². The minimum atomic E-state index is -0.305. The average molecular weight is 344 g/mol. The second kappa shape index (κ2) is 7.61. The van der Waals surface area contributed by atoms with Crippen LogP contribution in [0.3, 0.4) is 0 Å². The van der Waals surface area contributed by atoms with Gasteiger partial charge in [0.1, 0.15) is 11.5 Å². The second-order valence-corrected chi connectivity index (χ2v) is 6.30. The lowest BCUT2D eigenvalue weighted by atomic mass is 9.88. The number of hydrogen-bond acceptors (Lipinski definition) is 3. The number of pyridine rings is 1. The quantitative estimate of drug-likeness (QED) is 0.925. The summed E-state index contributed by atoms with van der Waals surface area (Å²) in [6.45, 7) is 1.00. The number of carbonyl (C=O) groups excluding carboxylic acids is 1. The number of aromatic amines is 1. The van der Waals surface area contributed by atoms with Crippen molar-refractivity contribution in [1.29, 1.82) is 0 Å². The van der Waals surface area contributed by atoms with Crippen LogP contribution in [-0.2, 0) is 11.2 Å². The Balaban J connectivity index is 1.77. The van der Waals surface area contributed by atoms with Crippen molar-refractivity contribution in [3.63, 3.8) is 0 Å². The van der Waals surface area contributed by atoms with Crippen LogP contribution in [0.1, 0.15) is 22.5 Å². The van der Waals surface area contributed by atoms with Crippen molar-refractivity contribution >= 4 is 5.91 Å². The zero-order valence-electron chi connectivity index (χ0n) is 14.1. The van der Waals surface area contributed by atoms with Crippen LogP contribution in [0.15, 0.2) is 47.3 Å². The van der Waals surface area contributed by atoms with Crippen LogP contribution in [0.5, 0.6) is 0 Å². The van der Waals surface area contributed by atoms with E-state index in [1.165, 1.54) is 12.1 Å². The molecule has 1 aromatic carbocycles. The average Bonchev–Trinajstić information content (AvgIpc) is 2.63. The Morgan fingerprint density at radius 3 is 2.80 bits per heavy atom. The van der Waals surface area contributed by atoms with Gasteiger partial charge in [0.05, 0.1) is 6.10 Å². The molecule has 0 aliphatic carbocycles. The highest BCUT2D eigenvalue weighted by Gasteiger charge is 2.32. The maximum Gasteiger partial charge on any atom is 0.270 e. The lowest BCUT2D eigenvalue weighted by molar-refractivity contribution is -0.00339. The predicted octanol–water partition coefficient (Wildman–Crippen LogP) is 2.23. The van der Waals surface area contributed by atoms with E-state index in [0.29, 0.717) is 31.5 Å². The van der Waals surface area contributed by atoms with Crippen molar-refractivity contribution in [2.75, 3.05) is 20.2 Å². The first kappa shape index (κ1) is 17.4. The fraction of sp³-hybridized carbons (Fsp3) is 0.368. The third-order valence-electron chi connectivity index (χ3n) is 4.69. The molecule has 6 heteroatoms. The number of benzene rings is 1. The maximum absolute atomic E-state index is 14.0. The third kappa shape index (κ3) is 3.96. The van der Waals surface area contributed by atoms with Gasteiger partial charge >= 0.3 is 0 Å². The van der Waals surface area contributed by atoms with E-state index < -0.39 is 0 Å². The molecule has 1 fully saturated rings. The van der Waals surface area contributed by atoms with Crippen LogP contribution < -0.4 is 5.56 Å². The number of H-pyrrole nitrogens is 1. The van der Waals surface area contributed by atoms with Crippen LogP contribution >= 0.6 is 0 Å². The topological polar surface area (TPSA) is 62.4 Å². The fourth-order valence-corrected chi connectivity index (χ4v) is 3.39. The first-order valence-corrected chi connectivity index (χ1v) is 8.33. The molecule has 0 bridgehead atoms. The summed E-state index contributed by atoms with van der Waals surface area (Å²) >= 11 is 0. The minimum Gasteiger partial charge on any atom is -0.381 e. The first-order chi connectivity index (χ1) is 12.1. The smallest absolute Gasteiger partial charge is 0.270 e. The van der Waals surface area contributed by atoms with E-state index in [-0.39, 0.29) is 35.0 Å². The summed E-state index contributed by atoms with van der Waals surface area (Å²) < 4.78 is 19.5. The van der Waals surface area contributed by atoms with E-state index in [1.807, 2.05) is 0 Å². The molecule has 0 saturated carbocycles. The Morgan fingerprint density at radius 1 is 1.28 bits per heavy atom. The number of methoxy groups -OCH3 is 1. The summed E-state index contributed by atoms with van der Waals surface area (Å²) in [6, 6.07) is 11.2. The van der Waals surface area contributed by atoms with Gasteiger partial charge in [-0.3, -0.25) is 9.59 Å². The largest absolute Gasteiger partial charge is 0.381 e. The molecule has 2 aromatic rings. The van der Waals surface area contributed by atoms with E-state index >= 15 is 0 Å². The number of amides is 1. The summed E-state index contributed by atoms with van der Waals surface area (Å²) in [5.74, 6) is -0.464. The van der Waals surface area contributed by atoms with Gasteiger partial charge in [0.2, 0.25) is 5.56 Å². The number of hydrogen-bond donors (Lipinski definition) is 1. The Kier molecular flexibility index (Phi) is 5.28. The highest BCUT2D eigenvalue weighted by molar-refractivity contribution is 5.92. The standard InChI is InChI=1S/C19H21FN2O3/c1-25-17-9-10-22(19(24)16-7-4-8-18(23)21-16)12-14(17)11-13-5-2-3-6-15(13)20/h2-8,14,17H,9-12H2,1H3,(H,21,23)/t14-,17+/m1/s1. The minimum absolute atomic E-state index is 0.00460. The third-order valence-corrected chi connectivity index (χ3v) is 4.69. The Bertz CT molecular complexity index is 805. The zero-order valence-corrected chi connectivity index (χ0v) is 14.1. The van der Waals surface area contributed by atoms with E-state index in [9.17, 15) is 14.0 Å². The summed E-state index contributed by atoms with van der Waals surface area (Å²) in [6.07, 6.45) is 1.15. The number of aromatic nitrogens is 1. The summed E-state index contributed by atoms with van der Waals surface area (Å²) in [4.78, 5) is 28.3. The molecule has 1 N–H and O–H groups in total. The van der Waals surface area contributed by atoms with Gasteiger partial charge in [-0.25, -0.2) is 4.39 Å². The Hall–Kier alpha value is -2.47. The molecule has 2 atom stereocenters. The maximum atomic E-state index is 14.0. The molecule has 0 radical (unpaired) electrons. The van der Waals surface area contributed by atoms with Crippen LogP contribution in [0, 0.1) is 11.7 Å². The Morgan fingerprint density at radius 2 is 2.08 bits per heavy atom. The first-order valence-electron chi connectivity index (χ1n) is 8.33. The molecule has 0 spiro atoms. The number of likely N-dealkylation sites (tertiary alicyclic amines) is 1. The molecule has 0 unspecified atom stereocenters. The van der Waals surface area contributed by atoms with Gasteiger partial charge in [-0.2, -0.15) is 0 Å². The van der Waals surface area contributed by atoms with Crippen LogP contribution in [0.4, 0.5) is 4.39 Å². The molecule has 132 valence electrons. The van der Waals surface area contributed by atoms with Crippen LogP contribution in [0.2, 0.25) is 0 Å². The molecular weight excluding hydrogens is 323 g/mol. The SMILES string of the molecule is CO[C@H]1CCN(C(=O)c2cccc(=O)[nH]2)C[C@H]1Cc1ccccc1F. The van der Waals surface area contributed by atoms with Crippen molar-refractivity contribution in [1.82, 2.24) is 9.88 Å². The summed E-state index contributed by atoms with van der Waals surface area (Å²) in [5.41, 5.74) is 0.588. The molecule has 2 heterocycles. The van der Waals surface area contributed by atoms with Crippen molar-refractivity contribution < 1.29 is 13.9 Å². The molecule has 1 aromatic heterocycles. The van der Waals surface area contributed by atoms with E-state index in [1.54, 1.807) is 42.3 Å². The van der Waals surface area contributed by atoms with E-state index in [2.05, 4.69) is 4.98 Å². The molecular formula is C19H21FN2O3. The predicted molar refractivity (Wildman–Crippen MR) is 92.0 cm³/mol. The number of ether oxygens (including phenoxy) is 1. The number of halogens is 1. The number of piperidine rings is 1. The van der Waals surface area contributed by atoms with Crippen molar-refractivity contribution in [3.8, 4) is 0 Å². The molecule has 1 aliphatic heterocycles.